The van der Waals surface area contributed by atoms with Crippen LogP contribution in [0.3, 0.4) is 0 Å². The Morgan fingerprint density at radius 2 is 1.59 bits per heavy atom. The zero-order valence-corrected chi connectivity index (χ0v) is 22.0. The number of nitrogens with one attached hydrogen (secondary N) is 3. The summed E-state index contributed by atoms with van der Waals surface area (Å²) in [6.07, 6.45) is 0.851. The van der Waals surface area contributed by atoms with Crippen LogP contribution >= 0.6 is 28.1 Å². The van der Waals surface area contributed by atoms with E-state index in [0.29, 0.717) is 45.6 Å². The van der Waals surface area contributed by atoms with E-state index in [1.807, 2.05) is 0 Å². The second-order valence-corrected chi connectivity index (χ2v) is 8.77. The van der Waals surface area contributed by atoms with Crippen molar-refractivity contribution in [3.8, 4) is 23.0 Å². The Morgan fingerprint density at radius 3 is 2.15 bits per heavy atom. The van der Waals surface area contributed by atoms with Crippen molar-refractivity contribution in [1.29, 1.82) is 0 Å². The van der Waals surface area contributed by atoms with E-state index in [9.17, 15) is 9.59 Å². The summed E-state index contributed by atoms with van der Waals surface area (Å²) in [7, 11) is 4.37. The van der Waals surface area contributed by atoms with E-state index in [4.69, 9.17) is 31.2 Å². The first kappa shape index (κ1) is 27.2. The molecule has 0 unspecified atom stereocenters. The van der Waals surface area contributed by atoms with Crippen LogP contribution in [0.4, 0.5) is 0 Å². The van der Waals surface area contributed by atoms with Crippen molar-refractivity contribution in [2.45, 2.75) is 20.3 Å². The molecule has 2 aromatic rings. The van der Waals surface area contributed by atoms with Gasteiger partial charge in [0.2, 0.25) is 5.75 Å². The fraction of sp³-hybridized carbons (Fsp3) is 0.348. The highest BCUT2D eigenvalue weighted by Gasteiger charge is 2.18. The van der Waals surface area contributed by atoms with E-state index >= 15 is 0 Å². The van der Waals surface area contributed by atoms with Crippen molar-refractivity contribution < 1.29 is 28.5 Å². The Bertz CT molecular complexity index is 1020. The van der Waals surface area contributed by atoms with Gasteiger partial charge in [0.15, 0.2) is 16.6 Å². The molecule has 0 atom stereocenters. The molecule has 0 aliphatic rings. The molecule has 0 aliphatic heterocycles. The first-order chi connectivity index (χ1) is 16.2. The molecule has 184 valence electrons. The first-order valence-corrected chi connectivity index (χ1v) is 11.5. The summed E-state index contributed by atoms with van der Waals surface area (Å²) in [4.78, 5) is 25.4. The molecule has 2 rings (SSSR count). The van der Waals surface area contributed by atoms with Crippen LogP contribution in [0.25, 0.3) is 0 Å². The van der Waals surface area contributed by atoms with Crippen molar-refractivity contribution in [3.63, 3.8) is 0 Å². The van der Waals surface area contributed by atoms with E-state index in [-0.39, 0.29) is 10.7 Å². The third-order valence-electron chi connectivity index (χ3n) is 4.58. The number of hydrogen-bond acceptors (Lipinski definition) is 7. The van der Waals surface area contributed by atoms with Gasteiger partial charge in [-0.05, 0) is 54.9 Å². The maximum Gasteiger partial charge on any atom is 0.269 e. The summed E-state index contributed by atoms with van der Waals surface area (Å²) in [6, 6.07) is 8.11. The average Bonchev–Trinajstić information content (AvgIpc) is 2.81. The van der Waals surface area contributed by atoms with Crippen molar-refractivity contribution in [2.75, 3.05) is 27.9 Å². The van der Waals surface area contributed by atoms with Gasteiger partial charge in [0, 0.05) is 10.0 Å². The van der Waals surface area contributed by atoms with Crippen LogP contribution in [0.5, 0.6) is 23.0 Å². The highest BCUT2D eigenvalue weighted by atomic mass is 79.9. The van der Waals surface area contributed by atoms with Crippen molar-refractivity contribution in [3.05, 3.63) is 45.9 Å². The van der Waals surface area contributed by atoms with Crippen LogP contribution in [-0.4, -0.2) is 44.9 Å². The number of halogens is 1. The van der Waals surface area contributed by atoms with Gasteiger partial charge in [-0.25, -0.2) is 0 Å². The molecule has 0 radical (unpaired) electrons. The van der Waals surface area contributed by atoms with Gasteiger partial charge < -0.3 is 18.9 Å². The molecular weight excluding hydrogens is 526 g/mol. The van der Waals surface area contributed by atoms with Gasteiger partial charge in [-0.3, -0.25) is 25.8 Å². The van der Waals surface area contributed by atoms with Gasteiger partial charge >= 0.3 is 0 Å². The Balaban J connectivity index is 2.04. The molecule has 34 heavy (non-hydrogen) atoms. The van der Waals surface area contributed by atoms with Crippen LogP contribution in [0, 0.1) is 5.92 Å². The van der Waals surface area contributed by atoms with E-state index < -0.39 is 11.8 Å². The van der Waals surface area contributed by atoms with Gasteiger partial charge in [-0.15, -0.1) is 0 Å². The van der Waals surface area contributed by atoms with Gasteiger partial charge in [0.1, 0.15) is 5.75 Å². The predicted octanol–water partition coefficient (Wildman–Crippen LogP) is 3.85. The smallest absolute Gasteiger partial charge is 0.269 e. The maximum atomic E-state index is 12.8. The number of ether oxygens (including phenoxy) is 4. The number of amides is 2. The number of methoxy groups -OCH3 is 3. The van der Waals surface area contributed by atoms with Gasteiger partial charge in [-0.2, -0.15) is 0 Å². The molecule has 9 nitrogen and oxygen atoms in total. The molecule has 0 aliphatic carbocycles. The highest BCUT2D eigenvalue weighted by molar-refractivity contribution is 9.10. The molecule has 11 heteroatoms. The monoisotopic (exact) mass is 553 g/mol. The summed E-state index contributed by atoms with van der Waals surface area (Å²) < 4.78 is 22.2. The quantitative estimate of drug-likeness (QED) is 0.317. The lowest BCUT2D eigenvalue weighted by atomic mass is 10.1. The van der Waals surface area contributed by atoms with E-state index in [1.165, 1.54) is 33.5 Å². The van der Waals surface area contributed by atoms with Crippen LogP contribution in [0.15, 0.2) is 34.8 Å². The zero-order chi connectivity index (χ0) is 25.3. The fourth-order valence-electron chi connectivity index (χ4n) is 2.81. The van der Waals surface area contributed by atoms with Gasteiger partial charge in [0.25, 0.3) is 11.8 Å². The van der Waals surface area contributed by atoms with Crippen molar-refractivity contribution in [2.24, 2.45) is 5.92 Å². The molecule has 0 bridgehead atoms. The summed E-state index contributed by atoms with van der Waals surface area (Å²) >= 11 is 8.51. The Kier molecular flexibility index (Phi) is 10.4. The minimum Gasteiger partial charge on any atom is -0.493 e. The van der Waals surface area contributed by atoms with Crippen LogP contribution < -0.4 is 35.1 Å². The fourth-order valence-corrected chi connectivity index (χ4v) is 3.31. The topological polar surface area (TPSA) is 107 Å². The summed E-state index contributed by atoms with van der Waals surface area (Å²) in [6.45, 7) is 4.66. The SMILES string of the molecule is COc1cc(C(=O)NNC(=S)NC(=O)c2cc(Br)ccc2OCCC(C)C)cc(OC)c1OC. The molecule has 0 saturated carbocycles. The Morgan fingerprint density at radius 1 is 0.941 bits per heavy atom. The third-order valence-corrected chi connectivity index (χ3v) is 5.28. The number of benzene rings is 2. The average molecular weight is 554 g/mol. The third kappa shape index (κ3) is 7.49. The second-order valence-electron chi connectivity index (χ2n) is 7.45. The van der Waals surface area contributed by atoms with E-state index in [2.05, 4.69) is 45.9 Å². The molecule has 0 heterocycles. The molecule has 3 N–H and O–H groups in total. The highest BCUT2D eigenvalue weighted by Crippen LogP contribution is 2.38. The molecule has 0 spiro atoms. The molecule has 0 fully saturated rings. The van der Waals surface area contributed by atoms with Crippen LogP contribution in [0.2, 0.25) is 0 Å². The lowest BCUT2D eigenvalue weighted by molar-refractivity contribution is 0.0933. The minimum absolute atomic E-state index is 0.0982. The van der Waals surface area contributed by atoms with Crippen molar-refractivity contribution in [1.82, 2.24) is 16.2 Å². The molecular formula is C23H28BrN3O6S. The summed E-state index contributed by atoms with van der Waals surface area (Å²) in [5, 5.41) is 2.43. The van der Waals surface area contributed by atoms with Crippen LogP contribution in [-0.2, 0) is 0 Å². The maximum absolute atomic E-state index is 12.8. The standard InChI is InChI=1S/C23H28BrN3O6S/c1-13(2)8-9-33-17-7-6-15(24)12-16(17)22(29)25-23(34)27-26-21(28)14-10-18(30-3)20(32-5)19(11-14)31-4/h6-7,10-13H,8-9H2,1-5H3,(H,26,28)(H2,25,27,29,34). The number of carbonyl (C=O) groups is 2. The predicted molar refractivity (Wildman–Crippen MR) is 136 cm³/mol. The number of rotatable bonds is 9. The number of carbonyl (C=O) groups excluding carboxylic acids is 2. The van der Waals surface area contributed by atoms with Gasteiger partial charge in [-0.1, -0.05) is 29.8 Å². The minimum atomic E-state index is -0.531. The Hall–Kier alpha value is -3.05. The normalized spacial score (nSPS) is 10.3. The number of hydrazine groups is 1. The zero-order valence-electron chi connectivity index (χ0n) is 19.6. The molecule has 2 aromatic carbocycles. The molecule has 0 aromatic heterocycles. The van der Waals surface area contributed by atoms with E-state index in [1.54, 1.807) is 18.2 Å². The number of hydrogen-bond donors (Lipinski definition) is 3. The second kappa shape index (κ2) is 13.0. The number of thiocarbonyl (C=S) groups is 1. The largest absolute Gasteiger partial charge is 0.493 e. The summed E-state index contributed by atoms with van der Waals surface area (Å²) in [5.41, 5.74) is 5.47. The molecule has 0 saturated heterocycles. The van der Waals surface area contributed by atoms with Crippen LogP contribution in [0.1, 0.15) is 41.0 Å². The lowest BCUT2D eigenvalue weighted by Gasteiger charge is -2.16. The first-order valence-electron chi connectivity index (χ1n) is 10.3. The summed E-state index contributed by atoms with van der Waals surface area (Å²) in [5.74, 6) is 0.892. The molecule has 2 amide bonds. The Labute approximate surface area is 212 Å². The van der Waals surface area contributed by atoms with Gasteiger partial charge in [0.05, 0.1) is 33.5 Å². The van der Waals surface area contributed by atoms with E-state index in [0.717, 1.165) is 6.42 Å². The van der Waals surface area contributed by atoms with Crippen molar-refractivity contribution >= 4 is 45.1 Å². The lowest BCUT2D eigenvalue weighted by Crippen LogP contribution is -2.48.